The Bertz CT molecular complexity index is 582. The molecular formula is C13H11N3O3. The zero-order valence-corrected chi connectivity index (χ0v) is 9.95. The van der Waals surface area contributed by atoms with Gasteiger partial charge in [0.1, 0.15) is 0 Å². The van der Waals surface area contributed by atoms with Crippen LogP contribution in [0.15, 0.2) is 48.8 Å². The van der Waals surface area contributed by atoms with E-state index in [1.54, 1.807) is 24.5 Å². The van der Waals surface area contributed by atoms with Crippen LogP contribution < -0.4 is 5.32 Å². The van der Waals surface area contributed by atoms with Crippen LogP contribution in [0.25, 0.3) is 0 Å². The van der Waals surface area contributed by atoms with E-state index in [2.05, 4.69) is 10.3 Å². The maximum absolute atomic E-state index is 11.8. The molecule has 0 aliphatic rings. The standard InChI is InChI=1S/C13H11N3O3/c17-13(15-9-10-5-7-14-8-6-10)11-1-3-12(4-2-11)16(18)19/h1-8H,9H2,(H,15,17). The molecule has 2 rings (SSSR count). The van der Waals surface area contributed by atoms with E-state index in [9.17, 15) is 14.9 Å². The highest BCUT2D eigenvalue weighted by Crippen LogP contribution is 2.11. The van der Waals surface area contributed by atoms with Crippen molar-refractivity contribution in [2.75, 3.05) is 0 Å². The molecule has 0 aliphatic heterocycles. The SMILES string of the molecule is O=C(NCc1ccncc1)c1ccc([N+](=O)[O-])cc1. The van der Waals surface area contributed by atoms with E-state index < -0.39 is 4.92 Å². The van der Waals surface area contributed by atoms with Crippen molar-refractivity contribution in [2.45, 2.75) is 6.54 Å². The first-order chi connectivity index (χ1) is 9.16. The largest absolute Gasteiger partial charge is 0.348 e. The fourth-order valence-corrected chi connectivity index (χ4v) is 1.52. The molecule has 0 unspecified atom stereocenters. The van der Waals surface area contributed by atoms with E-state index >= 15 is 0 Å². The van der Waals surface area contributed by atoms with Crippen LogP contribution in [0.4, 0.5) is 5.69 Å². The number of pyridine rings is 1. The smallest absolute Gasteiger partial charge is 0.269 e. The summed E-state index contributed by atoms with van der Waals surface area (Å²) >= 11 is 0. The van der Waals surface area contributed by atoms with Gasteiger partial charge in [0.05, 0.1) is 4.92 Å². The summed E-state index contributed by atoms with van der Waals surface area (Å²) in [5, 5.41) is 13.2. The number of aromatic nitrogens is 1. The van der Waals surface area contributed by atoms with Crippen LogP contribution in [-0.2, 0) is 6.54 Å². The second-order valence-electron chi connectivity index (χ2n) is 3.84. The molecule has 1 N–H and O–H groups in total. The molecule has 6 heteroatoms. The van der Waals surface area contributed by atoms with E-state index in [0.29, 0.717) is 12.1 Å². The summed E-state index contributed by atoms with van der Waals surface area (Å²) in [6, 6.07) is 9.08. The molecule has 6 nitrogen and oxygen atoms in total. The minimum absolute atomic E-state index is 0.0364. The van der Waals surface area contributed by atoms with Crippen LogP contribution in [0, 0.1) is 10.1 Å². The maximum atomic E-state index is 11.8. The van der Waals surface area contributed by atoms with E-state index in [1.807, 2.05) is 0 Å². The van der Waals surface area contributed by atoms with Gasteiger partial charge >= 0.3 is 0 Å². The van der Waals surface area contributed by atoms with Crippen molar-refractivity contribution in [3.05, 3.63) is 70.0 Å². The lowest BCUT2D eigenvalue weighted by molar-refractivity contribution is -0.384. The van der Waals surface area contributed by atoms with E-state index in [0.717, 1.165) is 5.56 Å². The fraction of sp³-hybridized carbons (Fsp3) is 0.0769. The van der Waals surface area contributed by atoms with Gasteiger partial charge in [0.25, 0.3) is 11.6 Å². The number of rotatable bonds is 4. The van der Waals surface area contributed by atoms with Crippen LogP contribution in [-0.4, -0.2) is 15.8 Å². The molecule has 2 aromatic rings. The molecule has 19 heavy (non-hydrogen) atoms. The molecule has 0 aliphatic carbocycles. The van der Waals surface area contributed by atoms with Gasteiger partial charge in [0.2, 0.25) is 0 Å². The third-order valence-electron chi connectivity index (χ3n) is 2.54. The average molecular weight is 257 g/mol. The van der Waals surface area contributed by atoms with Gasteiger partial charge < -0.3 is 5.32 Å². The molecule has 0 bridgehead atoms. The van der Waals surface area contributed by atoms with Crippen molar-refractivity contribution >= 4 is 11.6 Å². The number of benzene rings is 1. The zero-order chi connectivity index (χ0) is 13.7. The first kappa shape index (κ1) is 12.7. The predicted molar refractivity (Wildman–Crippen MR) is 68.5 cm³/mol. The van der Waals surface area contributed by atoms with Crippen molar-refractivity contribution in [2.24, 2.45) is 0 Å². The van der Waals surface area contributed by atoms with E-state index in [-0.39, 0.29) is 11.6 Å². The maximum Gasteiger partial charge on any atom is 0.269 e. The first-order valence-electron chi connectivity index (χ1n) is 5.58. The molecule has 0 spiro atoms. The van der Waals surface area contributed by atoms with Gasteiger partial charge in [-0.15, -0.1) is 0 Å². The minimum atomic E-state index is -0.501. The number of nitro benzene ring substituents is 1. The molecule has 0 saturated heterocycles. The lowest BCUT2D eigenvalue weighted by Gasteiger charge is -2.04. The molecular weight excluding hydrogens is 246 g/mol. The van der Waals surface area contributed by atoms with Crippen LogP contribution in [0.2, 0.25) is 0 Å². The van der Waals surface area contributed by atoms with Gasteiger partial charge in [-0.05, 0) is 29.8 Å². The second-order valence-corrected chi connectivity index (χ2v) is 3.84. The predicted octanol–water partition coefficient (Wildman–Crippen LogP) is 1.92. The number of hydrogen-bond acceptors (Lipinski definition) is 4. The molecule has 1 heterocycles. The Labute approximate surface area is 109 Å². The van der Waals surface area contributed by atoms with Crippen molar-refractivity contribution in [1.82, 2.24) is 10.3 Å². The monoisotopic (exact) mass is 257 g/mol. The molecule has 1 aromatic carbocycles. The summed E-state index contributed by atoms with van der Waals surface area (Å²) in [7, 11) is 0. The van der Waals surface area contributed by atoms with Gasteiger partial charge in [-0.25, -0.2) is 0 Å². The number of carbonyl (C=O) groups excluding carboxylic acids is 1. The van der Waals surface area contributed by atoms with Gasteiger partial charge in [0.15, 0.2) is 0 Å². The quantitative estimate of drug-likeness (QED) is 0.669. The number of amides is 1. The number of nitro groups is 1. The van der Waals surface area contributed by atoms with Gasteiger partial charge in [-0.2, -0.15) is 0 Å². The van der Waals surface area contributed by atoms with Gasteiger partial charge in [-0.3, -0.25) is 19.9 Å². The van der Waals surface area contributed by atoms with E-state index in [4.69, 9.17) is 0 Å². The Balaban J connectivity index is 1.98. The average Bonchev–Trinajstić information content (AvgIpc) is 2.46. The lowest BCUT2D eigenvalue weighted by atomic mass is 10.2. The number of non-ortho nitro benzene ring substituents is 1. The summed E-state index contributed by atoms with van der Waals surface area (Å²) in [5.41, 5.74) is 1.29. The normalized spacial score (nSPS) is 9.89. The van der Waals surface area contributed by atoms with Crippen molar-refractivity contribution in [3.8, 4) is 0 Å². The molecule has 1 aromatic heterocycles. The Morgan fingerprint density at radius 3 is 2.37 bits per heavy atom. The number of hydrogen-bond donors (Lipinski definition) is 1. The summed E-state index contributed by atoms with van der Waals surface area (Å²) in [6.45, 7) is 0.387. The van der Waals surface area contributed by atoms with Gasteiger partial charge in [-0.1, -0.05) is 0 Å². The number of nitrogens with zero attached hydrogens (tertiary/aromatic N) is 2. The Kier molecular flexibility index (Phi) is 3.82. The van der Waals surface area contributed by atoms with Crippen LogP contribution in [0.3, 0.4) is 0 Å². The summed E-state index contributed by atoms with van der Waals surface area (Å²) in [6.07, 6.45) is 3.29. The topological polar surface area (TPSA) is 85.1 Å². The molecule has 0 atom stereocenters. The highest BCUT2D eigenvalue weighted by atomic mass is 16.6. The highest BCUT2D eigenvalue weighted by Gasteiger charge is 2.08. The second kappa shape index (κ2) is 5.72. The molecule has 0 fully saturated rings. The van der Waals surface area contributed by atoms with Crippen molar-refractivity contribution < 1.29 is 9.72 Å². The number of carbonyl (C=O) groups is 1. The fourth-order valence-electron chi connectivity index (χ4n) is 1.52. The molecule has 0 saturated carbocycles. The van der Waals surface area contributed by atoms with Crippen LogP contribution in [0.1, 0.15) is 15.9 Å². The zero-order valence-electron chi connectivity index (χ0n) is 9.95. The molecule has 1 amide bonds. The lowest BCUT2D eigenvalue weighted by Crippen LogP contribution is -2.22. The highest BCUT2D eigenvalue weighted by molar-refractivity contribution is 5.94. The van der Waals surface area contributed by atoms with Gasteiger partial charge in [0, 0.05) is 36.6 Å². The Morgan fingerprint density at radius 2 is 1.79 bits per heavy atom. The molecule has 0 radical (unpaired) electrons. The van der Waals surface area contributed by atoms with E-state index in [1.165, 1.54) is 24.3 Å². The third kappa shape index (κ3) is 3.35. The Morgan fingerprint density at radius 1 is 1.16 bits per heavy atom. The summed E-state index contributed by atoms with van der Waals surface area (Å²) < 4.78 is 0. The Hall–Kier alpha value is -2.76. The molecule has 96 valence electrons. The minimum Gasteiger partial charge on any atom is -0.348 e. The third-order valence-corrected chi connectivity index (χ3v) is 2.54. The first-order valence-corrected chi connectivity index (χ1v) is 5.58. The van der Waals surface area contributed by atoms with Crippen molar-refractivity contribution in [1.29, 1.82) is 0 Å². The summed E-state index contributed by atoms with van der Waals surface area (Å²) in [5.74, 6) is -0.272. The van der Waals surface area contributed by atoms with Crippen LogP contribution in [0.5, 0.6) is 0 Å². The number of nitrogens with one attached hydrogen (secondary N) is 1. The van der Waals surface area contributed by atoms with Crippen molar-refractivity contribution in [3.63, 3.8) is 0 Å². The van der Waals surface area contributed by atoms with Crippen LogP contribution >= 0.6 is 0 Å². The summed E-state index contributed by atoms with van der Waals surface area (Å²) in [4.78, 5) is 25.7.